The smallest absolute Gasteiger partial charge is 0.166 e. The average Bonchev–Trinajstić information content (AvgIpc) is 2.01. The first-order chi connectivity index (χ1) is 6.23. The monoisotopic (exact) mass is 278 g/mol. The van der Waals surface area contributed by atoms with Gasteiger partial charge in [0.05, 0.1) is 5.56 Å². The third-order valence-electron chi connectivity index (χ3n) is 1.54. The summed E-state index contributed by atoms with van der Waals surface area (Å²) in [4.78, 5) is 0. The number of alkyl halides is 3. The largest absolute Gasteiger partial charge is 0.416 e. The molecule has 78 valence electrons. The van der Waals surface area contributed by atoms with Crippen LogP contribution in [-0.2, 0) is 6.18 Å². The van der Waals surface area contributed by atoms with Gasteiger partial charge in [-0.1, -0.05) is 24.3 Å². The van der Waals surface area contributed by atoms with Gasteiger partial charge >= 0.3 is 12.2 Å². The predicted octanol–water partition coefficient (Wildman–Crippen LogP) is 3.57. The number of hydrogen-bond acceptors (Lipinski definition) is 0. The van der Waals surface area contributed by atoms with Gasteiger partial charge in [-0.2, -0.15) is 13.2 Å². The fourth-order valence-electron chi connectivity index (χ4n) is 0.978. The van der Waals surface area contributed by atoms with Crippen molar-refractivity contribution >= 4 is 44.4 Å². The maximum Gasteiger partial charge on any atom is 0.416 e. The summed E-state index contributed by atoms with van der Waals surface area (Å²) in [7, 11) is 0. The van der Waals surface area contributed by atoms with Crippen LogP contribution in [0.25, 0.3) is 0 Å². The SMILES string of the molecule is FC(F)(F)c1ccccc1[Si](Cl)(Cl)Cl. The van der Waals surface area contributed by atoms with E-state index in [2.05, 4.69) is 0 Å². The molecule has 0 amide bonds. The van der Waals surface area contributed by atoms with Crippen molar-refractivity contribution in [3.8, 4) is 0 Å². The topological polar surface area (TPSA) is 0 Å². The lowest BCUT2D eigenvalue weighted by molar-refractivity contribution is -0.136. The summed E-state index contributed by atoms with van der Waals surface area (Å²) in [5, 5.41) is -0.225. The minimum absolute atomic E-state index is 0.225. The first-order valence-corrected chi connectivity index (χ1v) is 8.50. The van der Waals surface area contributed by atoms with Gasteiger partial charge in [-0.15, -0.1) is 33.2 Å². The molecule has 0 atom stereocenters. The zero-order valence-corrected chi connectivity index (χ0v) is 9.84. The highest BCUT2D eigenvalue weighted by atomic mass is 35.8. The van der Waals surface area contributed by atoms with E-state index >= 15 is 0 Å². The van der Waals surface area contributed by atoms with Crippen LogP contribution in [0.5, 0.6) is 0 Å². The first-order valence-electron chi connectivity index (χ1n) is 3.46. The Hall–Kier alpha value is 0.0969. The second-order valence-electron chi connectivity index (χ2n) is 2.54. The molecule has 0 unspecified atom stereocenters. The van der Waals surface area contributed by atoms with Crippen LogP contribution in [0.2, 0.25) is 0 Å². The van der Waals surface area contributed by atoms with Gasteiger partial charge in [-0.3, -0.25) is 0 Å². The molecule has 0 saturated carbocycles. The quantitative estimate of drug-likeness (QED) is 0.544. The van der Waals surface area contributed by atoms with Crippen LogP contribution in [0.15, 0.2) is 24.3 Å². The summed E-state index contributed by atoms with van der Waals surface area (Å²) in [5.74, 6) is 0. The lowest BCUT2D eigenvalue weighted by atomic mass is 10.2. The standard InChI is InChI=1S/C7H4Cl3F3Si/c8-14(9,10)6-4-2-1-3-5(6)7(11,12)13/h1-4H. The molecule has 0 heterocycles. The summed E-state index contributed by atoms with van der Waals surface area (Å²) in [5.41, 5.74) is -0.869. The Bertz CT molecular complexity index is 299. The Balaban J connectivity index is 3.31. The highest BCUT2D eigenvalue weighted by molar-refractivity contribution is 7.69. The van der Waals surface area contributed by atoms with Crippen LogP contribution in [0.4, 0.5) is 13.2 Å². The number of rotatable bonds is 1. The van der Waals surface area contributed by atoms with Crippen LogP contribution in [0.1, 0.15) is 5.56 Å². The summed E-state index contributed by atoms with van der Waals surface area (Å²) in [6.07, 6.45) is -4.48. The van der Waals surface area contributed by atoms with Crippen molar-refractivity contribution in [2.24, 2.45) is 0 Å². The maximum absolute atomic E-state index is 12.4. The Labute approximate surface area is 93.7 Å². The van der Waals surface area contributed by atoms with Crippen LogP contribution in [-0.4, -0.2) is 6.00 Å². The van der Waals surface area contributed by atoms with E-state index in [1.54, 1.807) is 0 Å². The molecular weight excluding hydrogens is 276 g/mol. The fraction of sp³-hybridized carbons (Fsp3) is 0.143. The third-order valence-corrected chi connectivity index (χ3v) is 4.42. The summed E-state index contributed by atoms with van der Waals surface area (Å²) >= 11 is 16.6. The molecule has 0 spiro atoms. The second-order valence-corrected chi connectivity index (χ2v) is 10.9. The molecule has 1 rings (SSSR count). The van der Waals surface area contributed by atoms with E-state index in [1.165, 1.54) is 18.2 Å². The molecule has 0 bridgehead atoms. The van der Waals surface area contributed by atoms with Gasteiger partial charge in [0, 0.05) is 0 Å². The molecule has 14 heavy (non-hydrogen) atoms. The average molecular weight is 280 g/mol. The van der Waals surface area contributed by atoms with Crippen molar-refractivity contribution in [1.29, 1.82) is 0 Å². The molecule has 0 fully saturated rings. The second kappa shape index (κ2) is 3.93. The van der Waals surface area contributed by atoms with Gasteiger partial charge in [0.1, 0.15) is 0 Å². The zero-order chi connectivity index (χ0) is 11.0. The van der Waals surface area contributed by atoms with Crippen molar-refractivity contribution in [3.63, 3.8) is 0 Å². The van der Waals surface area contributed by atoms with Gasteiger partial charge in [-0.05, 0) is 5.19 Å². The lowest BCUT2D eigenvalue weighted by Crippen LogP contribution is -2.36. The van der Waals surface area contributed by atoms with Crippen LogP contribution in [0.3, 0.4) is 0 Å². The Kier molecular flexibility index (Phi) is 3.41. The van der Waals surface area contributed by atoms with Crippen molar-refractivity contribution in [1.82, 2.24) is 0 Å². The van der Waals surface area contributed by atoms with Crippen LogP contribution < -0.4 is 5.19 Å². The van der Waals surface area contributed by atoms with Gasteiger partial charge in [0.25, 0.3) is 0 Å². The normalized spacial score (nSPS) is 13.0. The molecular formula is C7H4Cl3F3Si. The maximum atomic E-state index is 12.4. The summed E-state index contributed by atoms with van der Waals surface area (Å²) in [6.45, 7) is 0. The molecule has 0 aliphatic heterocycles. The molecule has 7 heteroatoms. The molecule has 0 radical (unpaired) electrons. The van der Waals surface area contributed by atoms with Crippen molar-refractivity contribution in [3.05, 3.63) is 29.8 Å². The number of benzene rings is 1. The van der Waals surface area contributed by atoms with Gasteiger partial charge in [-0.25, -0.2) is 0 Å². The molecule has 0 aliphatic rings. The Morgan fingerprint density at radius 2 is 1.50 bits per heavy atom. The van der Waals surface area contributed by atoms with E-state index in [0.717, 1.165) is 6.07 Å². The molecule has 0 nitrogen and oxygen atoms in total. The predicted molar refractivity (Wildman–Crippen MR) is 54.4 cm³/mol. The Morgan fingerprint density at radius 1 is 1.00 bits per heavy atom. The number of hydrogen-bond donors (Lipinski definition) is 0. The van der Waals surface area contributed by atoms with Crippen molar-refractivity contribution in [2.45, 2.75) is 6.18 Å². The van der Waals surface area contributed by atoms with Crippen molar-refractivity contribution in [2.75, 3.05) is 0 Å². The molecule has 0 aliphatic carbocycles. The molecule has 1 aromatic carbocycles. The van der Waals surface area contributed by atoms with E-state index in [4.69, 9.17) is 33.2 Å². The lowest BCUT2D eigenvalue weighted by Gasteiger charge is -2.15. The minimum atomic E-state index is -4.48. The highest BCUT2D eigenvalue weighted by Gasteiger charge is 2.40. The van der Waals surface area contributed by atoms with Crippen LogP contribution in [0, 0.1) is 0 Å². The highest BCUT2D eigenvalue weighted by Crippen LogP contribution is 2.31. The summed E-state index contributed by atoms with van der Waals surface area (Å²) < 4.78 is 37.3. The molecule has 1 aromatic rings. The van der Waals surface area contributed by atoms with E-state index in [-0.39, 0.29) is 5.19 Å². The number of halogens is 6. The summed E-state index contributed by atoms with van der Waals surface area (Å²) in [6, 6.07) is 1.29. The molecule has 0 N–H and O–H groups in total. The van der Waals surface area contributed by atoms with Crippen molar-refractivity contribution < 1.29 is 13.2 Å². The van der Waals surface area contributed by atoms with E-state index in [1.807, 2.05) is 0 Å². The third kappa shape index (κ3) is 2.79. The van der Waals surface area contributed by atoms with E-state index in [9.17, 15) is 13.2 Å². The fourth-order valence-corrected chi connectivity index (χ4v) is 3.28. The van der Waals surface area contributed by atoms with E-state index < -0.39 is 17.7 Å². The first kappa shape index (κ1) is 12.2. The van der Waals surface area contributed by atoms with Gasteiger partial charge in [0.15, 0.2) is 0 Å². The molecule has 0 aromatic heterocycles. The molecule has 0 saturated heterocycles. The van der Waals surface area contributed by atoms with Gasteiger partial charge in [0.2, 0.25) is 0 Å². The zero-order valence-electron chi connectivity index (χ0n) is 6.58. The van der Waals surface area contributed by atoms with Crippen LogP contribution >= 0.6 is 33.2 Å². The van der Waals surface area contributed by atoms with Gasteiger partial charge < -0.3 is 0 Å². The Morgan fingerprint density at radius 3 is 1.86 bits per heavy atom. The minimum Gasteiger partial charge on any atom is -0.166 e. The van der Waals surface area contributed by atoms with E-state index in [0.29, 0.717) is 0 Å².